The van der Waals surface area contributed by atoms with Gasteiger partial charge in [-0.15, -0.1) is 0 Å². The normalized spacial score (nSPS) is 10.8. The minimum absolute atomic E-state index is 0.144. The molecule has 0 atom stereocenters. The van der Waals surface area contributed by atoms with Crippen LogP contribution in [-0.4, -0.2) is 25.6 Å². The van der Waals surface area contributed by atoms with E-state index < -0.39 is 11.9 Å². The number of carbonyl (C=O) groups is 2. The van der Waals surface area contributed by atoms with Gasteiger partial charge in [0, 0.05) is 10.2 Å². The van der Waals surface area contributed by atoms with Gasteiger partial charge in [-0.3, -0.25) is 4.79 Å². The summed E-state index contributed by atoms with van der Waals surface area (Å²) in [5, 5.41) is 12.5. The third-order valence-corrected chi connectivity index (χ3v) is 5.68. The molecule has 184 valence electrons. The zero-order valence-corrected chi connectivity index (χ0v) is 21.9. The van der Waals surface area contributed by atoms with E-state index in [1.54, 1.807) is 24.3 Å². The van der Waals surface area contributed by atoms with Crippen molar-refractivity contribution < 1.29 is 23.8 Å². The lowest BCUT2D eigenvalue weighted by molar-refractivity contribution is -0.112. The summed E-state index contributed by atoms with van der Waals surface area (Å²) in [4.78, 5) is 24.2. The van der Waals surface area contributed by atoms with Gasteiger partial charge in [0.1, 0.15) is 18.2 Å². The van der Waals surface area contributed by atoms with E-state index in [4.69, 9.17) is 21.1 Å². The van der Waals surface area contributed by atoms with Crippen LogP contribution in [0.1, 0.15) is 28.4 Å². The molecule has 3 rings (SSSR count). The summed E-state index contributed by atoms with van der Waals surface area (Å²) in [6.45, 7) is 2.47. The first-order valence-corrected chi connectivity index (χ1v) is 12.0. The molecule has 0 aliphatic carbocycles. The number of amides is 1. The van der Waals surface area contributed by atoms with E-state index in [0.717, 1.165) is 10.0 Å². The van der Waals surface area contributed by atoms with Crippen LogP contribution in [0, 0.1) is 11.3 Å². The Bertz CT molecular complexity index is 1320. The Morgan fingerprint density at radius 1 is 1.08 bits per heavy atom. The minimum Gasteiger partial charge on any atom is -0.490 e. The highest BCUT2D eigenvalue weighted by Gasteiger charge is 2.15. The predicted molar refractivity (Wildman–Crippen MR) is 141 cm³/mol. The number of carbonyl (C=O) groups excluding carboxylic acids is 2. The van der Waals surface area contributed by atoms with Crippen LogP contribution in [0.2, 0.25) is 5.02 Å². The average molecular weight is 570 g/mol. The Morgan fingerprint density at radius 3 is 2.39 bits per heavy atom. The van der Waals surface area contributed by atoms with E-state index >= 15 is 0 Å². The van der Waals surface area contributed by atoms with E-state index in [2.05, 4.69) is 26.0 Å². The molecule has 0 aliphatic heterocycles. The summed E-state index contributed by atoms with van der Waals surface area (Å²) in [6.07, 6.45) is 1.41. The number of rotatable bonds is 9. The van der Waals surface area contributed by atoms with Crippen LogP contribution < -0.4 is 14.8 Å². The lowest BCUT2D eigenvalue weighted by Crippen LogP contribution is -2.13. The number of nitrogens with one attached hydrogen (secondary N) is 1. The zero-order chi connectivity index (χ0) is 26.1. The summed E-state index contributed by atoms with van der Waals surface area (Å²) in [6, 6.07) is 18.9. The highest BCUT2D eigenvalue weighted by Crippen LogP contribution is 2.38. The number of anilines is 1. The predicted octanol–water partition coefficient (Wildman–Crippen LogP) is 6.41. The Labute approximate surface area is 222 Å². The zero-order valence-electron chi connectivity index (χ0n) is 19.5. The van der Waals surface area contributed by atoms with Crippen LogP contribution >= 0.6 is 27.5 Å². The quantitative estimate of drug-likeness (QED) is 0.182. The third kappa shape index (κ3) is 7.11. The van der Waals surface area contributed by atoms with Crippen molar-refractivity contribution in [1.29, 1.82) is 5.26 Å². The number of benzene rings is 3. The standard InChI is InChI=1S/C27H22BrClN2O5/c1-3-35-24-14-18(13-23(29)25(24)36-16-17-4-8-21(28)9-5-17)12-20(15-30)26(32)31-22-10-6-19(7-11-22)27(33)34-2/h4-14H,3,16H2,1-2H3,(H,31,32)/b20-12+. The fraction of sp³-hybridized carbons (Fsp3) is 0.148. The molecule has 3 aromatic carbocycles. The molecule has 0 fully saturated rings. The smallest absolute Gasteiger partial charge is 0.337 e. The van der Waals surface area contributed by atoms with Crippen LogP contribution in [0.15, 0.2) is 70.7 Å². The van der Waals surface area contributed by atoms with Gasteiger partial charge in [-0.25, -0.2) is 4.79 Å². The summed E-state index contributed by atoms with van der Waals surface area (Å²) in [5.41, 5.74) is 2.05. The van der Waals surface area contributed by atoms with Crippen molar-refractivity contribution in [2.75, 3.05) is 19.0 Å². The highest BCUT2D eigenvalue weighted by molar-refractivity contribution is 9.10. The monoisotopic (exact) mass is 568 g/mol. The van der Waals surface area contributed by atoms with Gasteiger partial charge in [0.15, 0.2) is 11.5 Å². The van der Waals surface area contributed by atoms with E-state index in [-0.39, 0.29) is 17.2 Å². The Kier molecular flexibility index (Phi) is 9.51. The van der Waals surface area contributed by atoms with Gasteiger partial charge in [-0.2, -0.15) is 5.26 Å². The fourth-order valence-corrected chi connectivity index (χ4v) is 3.67. The SMILES string of the molecule is CCOc1cc(/C=C(\C#N)C(=O)Nc2ccc(C(=O)OC)cc2)cc(Cl)c1OCc1ccc(Br)cc1. The maximum atomic E-state index is 12.7. The summed E-state index contributed by atoms with van der Waals surface area (Å²) in [7, 11) is 1.28. The van der Waals surface area contributed by atoms with E-state index in [1.165, 1.54) is 25.3 Å². The van der Waals surface area contributed by atoms with E-state index in [9.17, 15) is 14.9 Å². The number of halogens is 2. The highest BCUT2D eigenvalue weighted by atomic mass is 79.9. The average Bonchev–Trinajstić information content (AvgIpc) is 2.88. The maximum absolute atomic E-state index is 12.7. The van der Waals surface area contributed by atoms with Crippen molar-refractivity contribution in [3.05, 3.63) is 92.4 Å². The molecule has 0 radical (unpaired) electrons. The van der Waals surface area contributed by atoms with Crippen molar-refractivity contribution in [2.45, 2.75) is 13.5 Å². The summed E-state index contributed by atoms with van der Waals surface area (Å²) in [5.74, 6) is -0.346. The maximum Gasteiger partial charge on any atom is 0.337 e. The number of esters is 1. The molecular weight excluding hydrogens is 548 g/mol. The molecular formula is C27H22BrClN2O5. The van der Waals surface area contributed by atoms with Crippen molar-refractivity contribution >= 4 is 51.2 Å². The van der Waals surface area contributed by atoms with Gasteiger partial charge in [0.05, 0.1) is 24.3 Å². The fourth-order valence-electron chi connectivity index (χ4n) is 3.13. The molecule has 0 unspecified atom stereocenters. The molecule has 3 aromatic rings. The van der Waals surface area contributed by atoms with Crippen molar-refractivity contribution in [3.8, 4) is 17.6 Å². The molecule has 0 saturated heterocycles. The summed E-state index contributed by atoms with van der Waals surface area (Å²) >= 11 is 9.89. The van der Waals surface area contributed by atoms with Crippen molar-refractivity contribution in [1.82, 2.24) is 0 Å². The van der Waals surface area contributed by atoms with Gasteiger partial charge in [-0.1, -0.05) is 39.7 Å². The Hall–Kier alpha value is -3.80. The second-order valence-corrected chi connectivity index (χ2v) is 8.69. The van der Waals surface area contributed by atoms with Crippen LogP contribution in [0.4, 0.5) is 5.69 Å². The van der Waals surface area contributed by atoms with Gasteiger partial charge in [-0.05, 0) is 72.7 Å². The number of nitrogens with zero attached hydrogens (tertiary/aromatic N) is 1. The van der Waals surface area contributed by atoms with Gasteiger partial charge < -0.3 is 19.5 Å². The second-order valence-electron chi connectivity index (χ2n) is 7.37. The largest absolute Gasteiger partial charge is 0.490 e. The van der Waals surface area contributed by atoms with Crippen molar-refractivity contribution in [2.24, 2.45) is 0 Å². The minimum atomic E-state index is -0.618. The Balaban J connectivity index is 1.80. The second kappa shape index (κ2) is 12.8. The van der Waals surface area contributed by atoms with Crippen molar-refractivity contribution in [3.63, 3.8) is 0 Å². The molecule has 7 nitrogen and oxygen atoms in total. The van der Waals surface area contributed by atoms with E-state index in [0.29, 0.717) is 34.9 Å². The topological polar surface area (TPSA) is 97.7 Å². The first-order valence-electron chi connectivity index (χ1n) is 10.8. The molecule has 0 aromatic heterocycles. The number of hydrogen-bond acceptors (Lipinski definition) is 6. The van der Waals surface area contributed by atoms with Gasteiger partial charge in [0.25, 0.3) is 5.91 Å². The molecule has 0 saturated carbocycles. The lowest BCUT2D eigenvalue weighted by atomic mass is 10.1. The number of methoxy groups -OCH3 is 1. The molecule has 9 heteroatoms. The Morgan fingerprint density at radius 2 is 1.78 bits per heavy atom. The number of nitriles is 1. The summed E-state index contributed by atoms with van der Waals surface area (Å²) < 4.78 is 17.3. The van der Waals surface area contributed by atoms with Crippen LogP contribution in [0.5, 0.6) is 11.5 Å². The van der Waals surface area contributed by atoms with Gasteiger partial charge >= 0.3 is 5.97 Å². The van der Waals surface area contributed by atoms with E-state index in [1.807, 2.05) is 37.3 Å². The van der Waals surface area contributed by atoms with Crippen LogP contribution in [-0.2, 0) is 16.1 Å². The molecule has 0 spiro atoms. The molecule has 1 N–H and O–H groups in total. The molecule has 0 aliphatic rings. The van der Waals surface area contributed by atoms with Gasteiger partial charge in [0.2, 0.25) is 0 Å². The molecule has 0 heterocycles. The molecule has 36 heavy (non-hydrogen) atoms. The molecule has 0 bridgehead atoms. The first-order chi connectivity index (χ1) is 17.3. The number of hydrogen-bond donors (Lipinski definition) is 1. The lowest BCUT2D eigenvalue weighted by Gasteiger charge is -2.15. The first kappa shape index (κ1) is 26.8. The van der Waals surface area contributed by atoms with Crippen LogP contribution in [0.3, 0.4) is 0 Å². The molecule has 1 amide bonds. The third-order valence-electron chi connectivity index (χ3n) is 4.87. The van der Waals surface area contributed by atoms with Crippen LogP contribution in [0.25, 0.3) is 6.08 Å². The number of ether oxygens (including phenoxy) is 3.